The summed E-state index contributed by atoms with van der Waals surface area (Å²) in [6.07, 6.45) is 1.54. The molecule has 0 bridgehead atoms. The molecule has 2 aromatic rings. The molecule has 5 nitrogen and oxygen atoms in total. The molecule has 1 aromatic heterocycles. The van der Waals surface area contributed by atoms with Crippen LogP contribution in [0.25, 0.3) is 0 Å². The van der Waals surface area contributed by atoms with Crippen LogP contribution in [0.15, 0.2) is 36.5 Å². The van der Waals surface area contributed by atoms with Crippen LogP contribution in [0.5, 0.6) is 0 Å². The summed E-state index contributed by atoms with van der Waals surface area (Å²) in [5.41, 5.74) is 1.52. The largest absolute Gasteiger partial charge is 0.476 e. The van der Waals surface area contributed by atoms with Crippen molar-refractivity contribution in [1.29, 1.82) is 0 Å². The van der Waals surface area contributed by atoms with Crippen LogP contribution in [-0.4, -0.2) is 21.0 Å². The van der Waals surface area contributed by atoms with Gasteiger partial charge in [0.2, 0.25) is 0 Å². The number of carbonyl (C=O) groups is 1. The zero-order valence-electron chi connectivity index (χ0n) is 11.5. The number of nitrogens with zero attached hydrogens (tertiary/aromatic N) is 2. The van der Waals surface area contributed by atoms with Crippen molar-refractivity contribution >= 4 is 11.7 Å². The maximum atomic E-state index is 11.3. The Morgan fingerprint density at radius 1 is 1.30 bits per heavy atom. The summed E-state index contributed by atoms with van der Waals surface area (Å²) in [5.74, 6) is -0.422. The van der Waals surface area contributed by atoms with E-state index >= 15 is 0 Å². The molecule has 0 amide bonds. The van der Waals surface area contributed by atoms with Crippen molar-refractivity contribution in [2.24, 2.45) is 0 Å². The predicted octanol–water partition coefficient (Wildman–Crippen LogP) is 2.91. The molecule has 2 N–H and O–H groups in total. The van der Waals surface area contributed by atoms with E-state index in [0.717, 1.165) is 5.56 Å². The summed E-state index contributed by atoms with van der Waals surface area (Å²) < 4.78 is 0. The van der Waals surface area contributed by atoms with Gasteiger partial charge in [-0.25, -0.2) is 14.8 Å². The van der Waals surface area contributed by atoms with Crippen molar-refractivity contribution in [2.45, 2.75) is 26.3 Å². The Balaban J connectivity index is 2.21. The van der Waals surface area contributed by atoms with Gasteiger partial charge in [-0.15, -0.1) is 0 Å². The van der Waals surface area contributed by atoms with Gasteiger partial charge in [-0.1, -0.05) is 44.2 Å². The van der Waals surface area contributed by atoms with Crippen molar-refractivity contribution in [2.75, 3.05) is 5.32 Å². The lowest BCUT2D eigenvalue weighted by Crippen LogP contribution is -2.12. The van der Waals surface area contributed by atoms with Crippen LogP contribution in [0, 0.1) is 0 Å². The third-order valence-corrected chi connectivity index (χ3v) is 2.85. The molecule has 20 heavy (non-hydrogen) atoms. The van der Waals surface area contributed by atoms with Gasteiger partial charge in [-0.3, -0.25) is 0 Å². The van der Waals surface area contributed by atoms with Crippen LogP contribution < -0.4 is 5.32 Å². The number of aromatic carboxylic acids is 1. The van der Waals surface area contributed by atoms with Crippen LogP contribution in [0.2, 0.25) is 0 Å². The molecule has 2 rings (SSSR count). The highest BCUT2D eigenvalue weighted by molar-refractivity contribution is 5.91. The number of aromatic nitrogens is 2. The summed E-state index contributed by atoms with van der Waals surface area (Å²) in [6, 6.07) is 9.75. The summed E-state index contributed by atoms with van der Waals surface area (Å²) in [6.45, 7) is 4.39. The highest BCUT2D eigenvalue weighted by atomic mass is 16.4. The van der Waals surface area contributed by atoms with E-state index in [4.69, 9.17) is 0 Å². The van der Waals surface area contributed by atoms with Gasteiger partial charge >= 0.3 is 5.97 Å². The summed E-state index contributed by atoms with van der Waals surface area (Å²) in [7, 11) is 0. The third-order valence-electron chi connectivity index (χ3n) is 2.85. The van der Waals surface area contributed by atoms with Crippen LogP contribution in [-0.2, 0) is 6.54 Å². The van der Waals surface area contributed by atoms with Crippen molar-refractivity contribution in [3.05, 3.63) is 53.6 Å². The Labute approximate surface area is 117 Å². The van der Waals surface area contributed by atoms with Crippen molar-refractivity contribution in [1.82, 2.24) is 9.97 Å². The normalized spacial score (nSPS) is 10.6. The van der Waals surface area contributed by atoms with Crippen molar-refractivity contribution in [3.63, 3.8) is 0 Å². The Bertz CT molecular complexity index is 597. The smallest absolute Gasteiger partial charge is 0.356 e. The number of rotatable bonds is 5. The zero-order chi connectivity index (χ0) is 14.5. The van der Waals surface area contributed by atoms with Gasteiger partial charge in [0.25, 0.3) is 0 Å². The number of hydrogen-bond donors (Lipinski definition) is 2. The minimum atomic E-state index is -1.05. The lowest BCUT2D eigenvalue weighted by atomic mass is 10.2. The van der Waals surface area contributed by atoms with Gasteiger partial charge in [-0.2, -0.15) is 0 Å². The number of benzene rings is 1. The number of carboxylic acid groups (broad SMARTS) is 1. The summed E-state index contributed by atoms with van der Waals surface area (Å²) in [5, 5.41) is 12.3. The van der Waals surface area contributed by atoms with E-state index in [1.807, 2.05) is 44.2 Å². The molecule has 0 aliphatic carbocycles. The molecule has 0 fully saturated rings. The number of hydrogen-bond acceptors (Lipinski definition) is 4. The van der Waals surface area contributed by atoms with E-state index in [-0.39, 0.29) is 11.6 Å². The maximum absolute atomic E-state index is 11.3. The molecule has 0 atom stereocenters. The first-order valence-corrected chi connectivity index (χ1v) is 6.46. The van der Waals surface area contributed by atoms with E-state index in [9.17, 15) is 9.90 Å². The SMILES string of the molecule is CC(C)c1ncc(NCc2ccccc2)c(C(=O)O)n1. The van der Waals surface area contributed by atoms with E-state index in [2.05, 4.69) is 15.3 Å². The van der Waals surface area contributed by atoms with Gasteiger partial charge in [-0.05, 0) is 5.56 Å². The van der Waals surface area contributed by atoms with E-state index in [1.54, 1.807) is 0 Å². The van der Waals surface area contributed by atoms with Gasteiger partial charge in [0.1, 0.15) is 5.82 Å². The molecule has 1 aromatic carbocycles. The molecule has 0 saturated carbocycles. The first-order valence-electron chi connectivity index (χ1n) is 6.46. The second-order valence-corrected chi connectivity index (χ2v) is 4.79. The Morgan fingerprint density at radius 3 is 2.60 bits per heavy atom. The topological polar surface area (TPSA) is 75.1 Å². The quantitative estimate of drug-likeness (QED) is 0.874. The second kappa shape index (κ2) is 6.14. The fraction of sp³-hybridized carbons (Fsp3) is 0.267. The standard InChI is InChI=1S/C15H17N3O2/c1-10(2)14-17-9-12(13(18-14)15(19)20)16-8-11-6-4-3-5-7-11/h3-7,9-10,16H,8H2,1-2H3,(H,19,20). The third kappa shape index (κ3) is 3.32. The minimum Gasteiger partial charge on any atom is -0.476 e. The highest BCUT2D eigenvalue weighted by Gasteiger charge is 2.15. The summed E-state index contributed by atoms with van der Waals surface area (Å²) in [4.78, 5) is 19.6. The summed E-state index contributed by atoms with van der Waals surface area (Å²) >= 11 is 0. The molecule has 1 heterocycles. The van der Waals surface area contributed by atoms with Crippen LogP contribution >= 0.6 is 0 Å². The van der Waals surface area contributed by atoms with E-state index in [1.165, 1.54) is 6.20 Å². The Morgan fingerprint density at radius 2 is 2.00 bits per heavy atom. The molecular weight excluding hydrogens is 254 g/mol. The van der Waals surface area contributed by atoms with Crippen LogP contribution in [0.1, 0.15) is 41.6 Å². The van der Waals surface area contributed by atoms with Gasteiger partial charge in [0, 0.05) is 12.5 Å². The van der Waals surface area contributed by atoms with Gasteiger partial charge < -0.3 is 10.4 Å². The van der Waals surface area contributed by atoms with Crippen LogP contribution in [0.3, 0.4) is 0 Å². The number of carboxylic acids is 1. The fourth-order valence-corrected chi connectivity index (χ4v) is 1.76. The molecular formula is C15H17N3O2. The second-order valence-electron chi connectivity index (χ2n) is 4.79. The Kier molecular flexibility index (Phi) is 4.30. The van der Waals surface area contributed by atoms with Crippen molar-refractivity contribution < 1.29 is 9.90 Å². The first kappa shape index (κ1) is 14.0. The predicted molar refractivity (Wildman–Crippen MR) is 76.8 cm³/mol. The van der Waals surface area contributed by atoms with Gasteiger partial charge in [0.05, 0.1) is 11.9 Å². The number of nitrogens with one attached hydrogen (secondary N) is 1. The lowest BCUT2D eigenvalue weighted by molar-refractivity contribution is 0.0691. The molecule has 0 spiro atoms. The molecule has 0 unspecified atom stereocenters. The maximum Gasteiger partial charge on any atom is 0.356 e. The average molecular weight is 271 g/mol. The number of anilines is 1. The minimum absolute atomic E-state index is 0.0135. The first-order chi connectivity index (χ1) is 9.58. The van der Waals surface area contributed by atoms with E-state index in [0.29, 0.717) is 18.1 Å². The van der Waals surface area contributed by atoms with Gasteiger partial charge in [0.15, 0.2) is 5.69 Å². The fourth-order valence-electron chi connectivity index (χ4n) is 1.76. The molecule has 0 saturated heterocycles. The van der Waals surface area contributed by atoms with Crippen molar-refractivity contribution in [3.8, 4) is 0 Å². The molecule has 5 heteroatoms. The molecule has 0 radical (unpaired) electrons. The molecule has 104 valence electrons. The zero-order valence-corrected chi connectivity index (χ0v) is 11.5. The monoisotopic (exact) mass is 271 g/mol. The highest BCUT2D eigenvalue weighted by Crippen LogP contribution is 2.17. The van der Waals surface area contributed by atoms with Crippen LogP contribution in [0.4, 0.5) is 5.69 Å². The molecule has 0 aliphatic rings. The average Bonchev–Trinajstić information content (AvgIpc) is 2.45. The lowest BCUT2D eigenvalue weighted by Gasteiger charge is -2.11. The Hall–Kier alpha value is -2.43. The molecule has 0 aliphatic heterocycles. The van der Waals surface area contributed by atoms with E-state index < -0.39 is 5.97 Å².